The average Bonchev–Trinajstić information content (AvgIpc) is 3.24. The molecule has 0 radical (unpaired) electrons. The van der Waals surface area contributed by atoms with E-state index in [9.17, 15) is 19.2 Å². The zero-order valence-electron chi connectivity index (χ0n) is 14.8. The first-order valence-corrected chi connectivity index (χ1v) is 9.22. The van der Waals surface area contributed by atoms with Gasteiger partial charge in [0.25, 0.3) is 17.7 Å². The number of hydrazine groups is 1. The number of urea groups is 1. The summed E-state index contributed by atoms with van der Waals surface area (Å²) in [6.07, 6.45) is 0.304. The molecule has 0 spiro atoms. The maximum Gasteiger partial charge on any atom is 0.344 e. The van der Waals surface area contributed by atoms with Crippen molar-refractivity contribution >= 4 is 39.7 Å². The van der Waals surface area contributed by atoms with E-state index in [-0.39, 0.29) is 5.76 Å². The fraction of sp³-hybridized carbons (Fsp3) is 0.222. The van der Waals surface area contributed by atoms with Crippen LogP contribution in [0.15, 0.2) is 51.6 Å². The molecule has 0 bridgehead atoms. The van der Waals surface area contributed by atoms with Crippen molar-refractivity contribution in [1.29, 1.82) is 0 Å². The van der Waals surface area contributed by atoms with Gasteiger partial charge in [-0.25, -0.2) is 4.79 Å². The molecule has 1 saturated heterocycles. The summed E-state index contributed by atoms with van der Waals surface area (Å²) in [7, 11) is 0. The number of benzene rings is 1. The Balaban J connectivity index is 1.65. The number of rotatable bonds is 6. The van der Waals surface area contributed by atoms with Gasteiger partial charge in [0.1, 0.15) is 5.54 Å². The van der Waals surface area contributed by atoms with E-state index in [1.165, 1.54) is 12.1 Å². The van der Waals surface area contributed by atoms with Gasteiger partial charge in [-0.2, -0.15) is 5.01 Å². The molecule has 1 unspecified atom stereocenters. The highest BCUT2D eigenvalue weighted by Gasteiger charge is 2.52. The van der Waals surface area contributed by atoms with Gasteiger partial charge in [-0.1, -0.05) is 37.3 Å². The van der Waals surface area contributed by atoms with E-state index in [2.05, 4.69) is 32.0 Å². The number of hydrogen-bond acceptors (Lipinski definition) is 5. The number of carbonyl (C=O) groups excluding carboxylic acids is 4. The van der Waals surface area contributed by atoms with Crippen LogP contribution in [0.2, 0.25) is 0 Å². The highest BCUT2D eigenvalue weighted by molar-refractivity contribution is 9.10. The summed E-state index contributed by atoms with van der Waals surface area (Å²) in [5.74, 6) is -1.92. The fourth-order valence-corrected chi connectivity index (χ4v) is 3.19. The Morgan fingerprint density at radius 1 is 1.18 bits per heavy atom. The first-order valence-electron chi connectivity index (χ1n) is 8.42. The monoisotopic (exact) mass is 448 g/mol. The quantitative estimate of drug-likeness (QED) is 0.580. The Morgan fingerprint density at radius 3 is 2.50 bits per heavy atom. The molecule has 2 aromatic rings. The highest BCUT2D eigenvalue weighted by Crippen LogP contribution is 2.31. The van der Waals surface area contributed by atoms with Crippen LogP contribution >= 0.6 is 15.9 Å². The zero-order chi connectivity index (χ0) is 20.3. The number of halogens is 1. The van der Waals surface area contributed by atoms with Crippen LogP contribution in [0.3, 0.4) is 0 Å². The number of imide groups is 1. The molecule has 1 atom stereocenters. The summed E-state index contributed by atoms with van der Waals surface area (Å²) in [6, 6.07) is 11.0. The number of nitrogens with zero attached hydrogens (tertiary/aromatic N) is 1. The smallest absolute Gasteiger partial charge is 0.344 e. The van der Waals surface area contributed by atoms with Crippen LogP contribution in [0.25, 0.3) is 0 Å². The normalized spacial score (nSPS) is 18.7. The Hall–Kier alpha value is -3.14. The second-order valence-electron chi connectivity index (χ2n) is 6.02. The predicted molar refractivity (Wildman–Crippen MR) is 101 cm³/mol. The third-order valence-corrected chi connectivity index (χ3v) is 4.76. The van der Waals surface area contributed by atoms with E-state index in [0.29, 0.717) is 21.7 Å². The Bertz CT molecular complexity index is 929. The Kier molecular flexibility index (Phi) is 5.50. The van der Waals surface area contributed by atoms with Crippen LogP contribution in [0.1, 0.15) is 29.5 Å². The van der Waals surface area contributed by atoms with Gasteiger partial charge in [-0.15, -0.1) is 0 Å². The van der Waals surface area contributed by atoms with Crippen molar-refractivity contribution in [3.8, 4) is 0 Å². The van der Waals surface area contributed by atoms with E-state index in [0.717, 1.165) is 0 Å². The molecule has 5 amide bonds. The lowest BCUT2D eigenvalue weighted by Gasteiger charge is -2.25. The predicted octanol–water partition coefficient (Wildman–Crippen LogP) is 1.66. The molecule has 1 aliphatic rings. The number of carbonyl (C=O) groups is 4. The van der Waals surface area contributed by atoms with E-state index in [1.54, 1.807) is 37.3 Å². The summed E-state index contributed by atoms with van der Waals surface area (Å²) in [5, 5.41) is 5.63. The summed E-state index contributed by atoms with van der Waals surface area (Å²) in [6.45, 7) is 1.32. The van der Waals surface area contributed by atoms with E-state index in [4.69, 9.17) is 4.42 Å². The molecular weight excluding hydrogens is 432 g/mol. The Morgan fingerprint density at radius 2 is 1.89 bits per heavy atom. The lowest BCUT2D eigenvalue weighted by molar-refractivity contribution is -0.139. The molecule has 1 aliphatic heterocycles. The minimum Gasteiger partial charge on any atom is -0.444 e. The molecule has 0 saturated carbocycles. The van der Waals surface area contributed by atoms with Crippen LogP contribution in [-0.2, 0) is 15.1 Å². The lowest BCUT2D eigenvalue weighted by Crippen LogP contribution is -2.51. The van der Waals surface area contributed by atoms with Crippen molar-refractivity contribution in [1.82, 2.24) is 21.1 Å². The standard InChI is InChI=1S/C18H17BrN4O5/c1-2-18(11-6-4-3-5-7-11)16(26)23(17(27)21-18)22-14(24)10-20-15(25)12-8-9-13(19)28-12/h3-9H,2,10H2,1H3,(H,20,25)(H,21,27)(H,22,24). The van der Waals surface area contributed by atoms with E-state index < -0.39 is 35.8 Å². The number of hydrogen-bond donors (Lipinski definition) is 3. The largest absolute Gasteiger partial charge is 0.444 e. The van der Waals surface area contributed by atoms with Gasteiger partial charge in [0.05, 0.1) is 6.54 Å². The van der Waals surface area contributed by atoms with Crippen LogP contribution in [0.5, 0.6) is 0 Å². The zero-order valence-corrected chi connectivity index (χ0v) is 16.4. The summed E-state index contributed by atoms with van der Waals surface area (Å²) >= 11 is 3.07. The fourth-order valence-electron chi connectivity index (χ4n) is 2.89. The minimum atomic E-state index is -1.25. The first-order chi connectivity index (χ1) is 13.4. The number of furan rings is 1. The topological polar surface area (TPSA) is 121 Å². The third kappa shape index (κ3) is 3.63. The SMILES string of the molecule is CCC1(c2ccccc2)NC(=O)N(NC(=O)CNC(=O)c2ccc(Br)o2)C1=O. The molecule has 3 rings (SSSR count). The van der Waals surface area contributed by atoms with E-state index >= 15 is 0 Å². The van der Waals surface area contributed by atoms with Crippen molar-refractivity contribution < 1.29 is 23.6 Å². The molecule has 2 heterocycles. The maximum atomic E-state index is 12.9. The van der Waals surface area contributed by atoms with Gasteiger partial charge < -0.3 is 15.1 Å². The van der Waals surface area contributed by atoms with Crippen molar-refractivity contribution in [2.24, 2.45) is 0 Å². The minimum absolute atomic E-state index is 0.0174. The molecule has 9 nitrogen and oxygen atoms in total. The molecule has 1 aromatic heterocycles. The lowest BCUT2D eigenvalue weighted by atomic mass is 9.87. The second-order valence-corrected chi connectivity index (χ2v) is 6.80. The third-order valence-electron chi connectivity index (χ3n) is 4.33. The van der Waals surface area contributed by atoms with Crippen molar-refractivity contribution in [3.63, 3.8) is 0 Å². The van der Waals surface area contributed by atoms with Gasteiger partial charge >= 0.3 is 6.03 Å². The second kappa shape index (κ2) is 7.85. The molecule has 1 aromatic carbocycles. The number of nitrogens with one attached hydrogen (secondary N) is 3. The van der Waals surface area contributed by atoms with Crippen LogP contribution < -0.4 is 16.1 Å². The van der Waals surface area contributed by atoms with Gasteiger partial charge in [0, 0.05) is 0 Å². The van der Waals surface area contributed by atoms with Gasteiger partial charge in [-0.05, 0) is 40.0 Å². The average molecular weight is 449 g/mol. The highest BCUT2D eigenvalue weighted by atomic mass is 79.9. The van der Waals surface area contributed by atoms with E-state index in [1.807, 2.05) is 0 Å². The van der Waals surface area contributed by atoms with Gasteiger partial charge in [0.15, 0.2) is 10.4 Å². The molecular formula is C18H17BrN4O5. The molecule has 28 heavy (non-hydrogen) atoms. The van der Waals surface area contributed by atoms with Crippen molar-refractivity contribution in [2.45, 2.75) is 18.9 Å². The summed E-state index contributed by atoms with van der Waals surface area (Å²) < 4.78 is 5.45. The molecule has 146 valence electrons. The molecule has 0 aliphatic carbocycles. The maximum absolute atomic E-state index is 12.9. The molecule has 3 N–H and O–H groups in total. The van der Waals surface area contributed by atoms with Gasteiger partial charge in [-0.3, -0.25) is 19.8 Å². The first kappa shape index (κ1) is 19.6. The van der Waals surface area contributed by atoms with Crippen molar-refractivity contribution in [3.05, 3.63) is 58.5 Å². The van der Waals surface area contributed by atoms with Crippen LogP contribution in [-0.4, -0.2) is 35.3 Å². The number of amides is 5. The summed E-state index contributed by atoms with van der Waals surface area (Å²) in [5.41, 5.74) is 1.59. The molecule has 10 heteroatoms. The van der Waals surface area contributed by atoms with Gasteiger partial charge in [0.2, 0.25) is 0 Å². The van der Waals surface area contributed by atoms with Crippen molar-refractivity contribution in [2.75, 3.05) is 6.54 Å². The Labute approximate surface area is 168 Å². The molecule has 1 fully saturated rings. The van der Waals surface area contributed by atoms with Crippen LogP contribution in [0, 0.1) is 0 Å². The van der Waals surface area contributed by atoms with Crippen LogP contribution in [0.4, 0.5) is 4.79 Å². The summed E-state index contributed by atoms with van der Waals surface area (Å²) in [4.78, 5) is 49.2.